The molecule has 0 aliphatic heterocycles. The van der Waals surface area contributed by atoms with Crippen molar-refractivity contribution in [1.29, 1.82) is 0 Å². The number of carbonyl (C=O) groups is 1. The molecule has 0 heterocycles. The quantitative estimate of drug-likeness (QED) is 0.844. The van der Waals surface area contributed by atoms with Crippen molar-refractivity contribution in [2.75, 3.05) is 7.05 Å². The molecule has 1 atom stereocenters. The Morgan fingerprint density at radius 2 is 2.00 bits per heavy atom. The molecule has 4 heteroatoms. The second-order valence-electron chi connectivity index (χ2n) is 5.81. The van der Waals surface area contributed by atoms with E-state index in [1.165, 1.54) is 12.1 Å². The number of nitrogens with one attached hydrogen (secondary N) is 1. The van der Waals surface area contributed by atoms with Crippen molar-refractivity contribution in [1.82, 2.24) is 10.2 Å². The van der Waals surface area contributed by atoms with Crippen molar-refractivity contribution >= 4 is 6.03 Å². The number of amides is 2. The van der Waals surface area contributed by atoms with Crippen molar-refractivity contribution < 1.29 is 9.18 Å². The smallest absolute Gasteiger partial charge is 0.317 e. The van der Waals surface area contributed by atoms with Crippen molar-refractivity contribution in [2.24, 2.45) is 5.92 Å². The van der Waals surface area contributed by atoms with Crippen LogP contribution in [0.2, 0.25) is 0 Å². The number of halogens is 1. The summed E-state index contributed by atoms with van der Waals surface area (Å²) >= 11 is 0. The normalized spacial score (nSPS) is 12.3. The number of rotatable bonds is 6. The first-order valence-electron chi connectivity index (χ1n) is 7.14. The van der Waals surface area contributed by atoms with E-state index in [0.29, 0.717) is 12.5 Å². The average Bonchev–Trinajstić information content (AvgIpc) is 2.36. The topological polar surface area (TPSA) is 32.3 Å². The van der Waals surface area contributed by atoms with E-state index in [1.807, 2.05) is 13.0 Å². The van der Waals surface area contributed by atoms with Gasteiger partial charge in [-0.2, -0.15) is 0 Å². The average molecular weight is 280 g/mol. The summed E-state index contributed by atoms with van der Waals surface area (Å²) in [5.74, 6) is 0.362. The molecule has 1 aromatic carbocycles. The third kappa shape index (κ3) is 6.04. The van der Waals surface area contributed by atoms with E-state index >= 15 is 0 Å². The van der Waals surface area contributed by atoms with Gasteiger partial charge in [0.15, 0.2) is 0 Å². The monoisotopic (exact) mass is 280 g/mol. The highest BCUT2D eigenvalue weighted by Gasteiger charge is 2.12. The second-order valence-corrected chi connectivity index (χ2v) is 5.81. The Morgan fingerprint density at radius 3 is 2.60 bits per heavy atom. The summed E-state index contributed by atoms with van der Waals surface area (Å²) in [6, 6.07) is 6.35. The van der Waals surface area contributed by atoms with Gasteiger partial charge < -0.3 is 10.2 Å². The van der Waals surface area contributed by atoms with Crippen molar-refractivity contribution in [3.63, 3.8) is 0 Å². The molecule has 1 unspecified atom stereocenters. The largest absolute Gasteiger partial charge is 0.336 e. The Balaban J connectivity index is 2.42. The van der Waals surface area contributed by atoms with Gasteiger partial charge in [0.05, 0.1) is 0 Å². The van der Waals surface area contributed by atoms with Gasteiger partial charge in [-0.15, -0.1) is 0 Å². The minimum atomic E-state index is -0.276. The first kappa shape index (κ1) is 16.5. The standard InChI is InChI=1S/C16H25FN2O/c1-12(2)8-9-13(3)18-16(20)19(4)11-14-6-5-7-15(17)10-14/h5-7,10,12-13H,8-9,11H2,1-4H3,(H,18,20). The van der Waals surface area contributed by atoms with Crippen molar-refractivity contribution in [3.8, 4) is 0 Å². The summed E-state index contributed by atoms with van der Waals surface area (Å²) in [6.45, 7) is 6.76. The number of benzene rings is 1. The first-order chi connectivity index (χ1) is 9.38. The fourth-order valence-corrected chi connectivity index (χ4v) is 1.96. The van der Waals surface area contributed by atoms with E-state index in [2.05, 4.69) is 19.2 Å². The molecule has 0 saturated heterocycles. The molecule has 20 heavy (non-hydrogen) atoms. The highest BCUT2D eigenvalue weighted by atomic mass is 19.1. The van der Waals surface area contributed by atoms with Crippen LogP contribution in [-0.4, -0.2) is 24.0 Å². The third-order valence-electron chi connectivity index (χ3n) is 3.20. The predicted octanol–water partition coefficient (Wildman–Crippen LogP) is 3.79. The minimum absolute atomic E-state index is 0.120. The SMILES string of the molecule is CC(C)CCC(C)NC(=O)N(C)Cc1cccc(F)c1. The molecule has 1 rings (SSSR count). The fourth-order valence-electron chi connectivity index (χ4n) is 1.96. The number of hydrogen-bond donors (Lipinski definition) is 1. The maximum Gasteiger partial charge on any atom is 0.317 e. The van der Waals surface area contributed by atoms with Crippen LogP contribution in [0, 0.1) is 11.7 Å². The van der Waals surface area contributed by atoms with Crippen LogP contribution < -0.4 is 5.32 Å². The number of hydrogen-bond acceptors (Lipinski definition) is 1. The molecule has 1 N–H and O–H groups in total. The first-order valence-corrected chi connectivity index (χ1v) is 7.14. The molecule has 3 nitrogen and oxygen atoms in total. The number of nitrogens with zero attached hydrogens (tertiary/aromatic N) is 1. The van der Waals surface area contributed by atoms with Crippen LogP contribution in [0.5, 0.6) is 0 Å². The van der Waals surface area contributed by atoms with Gasteiger partial charge in [-0.3, -0.25) is 0 Å². The molecule has 0 saturated carbocycles. The van der Waals surface area contributed by atoms with E-state index in [4.69, 9.17) is 0 Å². The summed E-state index contributed by atoms with van der Waals surface area (Å²) in [5.41, 5.74) is 0.789. The Morgan fingerprint density at radius 1 is 1.30 bits per heavy atom. The lowest BCUT2D eigenvalue weighted by molar-refractivity contribution is 0.202. The Hall–Kier alpha value is -1.58. The molecule has 2 amide bonds. The molecule has 0 radical (unpaired) electrons. The van der Waals surface area contributed by atoms with Crippen molar-refractivity contribution in [3.05, 3.63) is 35.6 Å². The van der Waals surface area contributed by atoms with E-state index in [0.717, 1.165) is 18.4 Å². The molecular weight excluding hydrogens is 255 g/mol. The van der Waals surface area contributed by atoms with Gasteiger partial charge >= 0.3 is 6.03 Å². The Kier molecular flexibility index (Phi) is 6.49. The summed E-state index contributed by atoms with van der Waals surface area (Å²) in [4.78, 5) is 13.6. The molecule has 0 bridgehead atoms. The van der Waals surface area contributed by atoms with Crippen LogP contribution in [0.25, 0.3) is 0 Å². The summed E-state index contributed by atoms with van der Waals surface area (Å²) in [7, 11) is 1.72. The molecule has 0 aliphatic rings. The molecule has 0 spiro atoms. The van der Waals surface area contributed by atoms with Gasteiger partial charge in [-0.25, -0.2) is 9.18 Å². The zero-order valence-corrected chi connectivity index (χ0v) is 12.8. The van der Waals surface area contributed by atoms with E-state index in [-0.39, 0.29) is 17.9 Å². The zero-order valence-electron chi connectivity index (χ0n) is 12.8. The second kappa shape index (κ2) is 7.88. The fraction of sp³-hybridized carbons (Fsp3) is 0.562. The van der Waals surface area contributed by atoms with Gasteiger partial charge in [0.1, 0.15) is 5.82 Å². The lowest BCUT2D eigenvalue weighted by atomic mass is 10.0. The Labute approximate surface area is 121 Å². The van der Waals surface area contributed by atoms with Crippen LogP contribution in [0.1, 0.15) is 39.2 Å². The van der Waals surface area contributed by atoms with Gasteiger partial charge in [-0.05, 0) is 43.4 Å². The Bertz CT molecular complexity index is 434. The number of carbonyl (C=O) groups excluding carboxylic acids is 1. The molecule has 1 aromatic rings. The molecule has 112 valence electrons. The van der Waals surface area contributed by atoms with Crippen LogP contribution in [-0.2, 0) is 6.54 Å². The van der Waals surface area contributed by atoms with Gasteiger partial charge in [0, 0.05) is 19.6 Å². The maximum atomic E-state index is 13.1. The maximum absolute atomic E-state index is 13.1. The van der Waals surface area contributed by atoms with Crippen LogP contribution in [0.4, 0.5) is 9.18 Å². The van der Waals surface area contributed by atoms with Gasteiger partial charge in [-0.1, -0.05) is 26.0 Å². The third-order valence-corrected chi connectivity index (χ3v) is 3.20. The van der Waals surface area contributed by atoms with E-state index < -0.39 is 0 Å². The van der Waals surface area contributed by atoms with Gasteiger partial charge in [0.2, 0.25) is 0 Å². The highest BCUT2D eigenvalue weighted by Crippen LogP contribution is 2.08. The van der Waals surface area contributed by atoms with Crippen molar-refractivity contribution in [2.45, 2.75) is 46.2 Å². The van der Waals surface area contributed by atoms with Gasteiger partial charge in [0.25, 0.3) is 0 Å². The lowest BCUT2D eigenvalue weighted by Crippen LogP contribution is -2.41. The van der Waals surface area contributed by atoms with E-state index in [1.54, 1.807) is 18.0 Å². The van der Waals surface area contributed by atoms with Crippen LogP contribution in [0.15, 0.2) is 24.3 Å². The minimum Gasteiger partial charge on any atom is -0.336 e. The number of urea groups is 1. The highest BCUT2D eigenvalue weighted by molar-refractivity contribution is 5.74. The van der Waals surface area contributed by atoms with Crippen LogP contribution >= 0.6 is 0 Å². The molecule has 0 fully saturated rings. The van der Waals surface area contributed by atoms with Crippen LogP contribution in [0.3, 0.4) is 0 Å². The van der Waals surface area contributed by atoms with E-state index in [9.17, 15) is 9.18 Å². The predicted molar refractivity (Wildman–Crippen MR) is 79.9 cm³/mol. The molecule has 0 aliphatic carbocycles. The summed E-state index contributed by atoms with van der Waals surface area (Å²) in [5, 5.41) is 2.96. The molecular formula is C16H25FN2O. The summed E-state index contributed by atoms with van der Waals surface area (Å²) in [6.07, 6.45) is 2.06. The molecule has 0 aromatic heterocycles. The lowest BCUT2D eigenvalue weighted by Gasteiger charge is -2.22. The zero-order chi connectivity index (χ0) is 15.1. The summed E-state index contributed by atoms with van der Waals surface area (Å²) < 4.78 is 13.1.